The van der Waals surface area contributed by atoms with Crippen LogP contribution < -0.4 is 11.1 Å². The lowest BCUT2D eigenvalue weighted by Crippen LogP contribution is -2.53. The predicted molar refractivity (Wildman–Crippen MR) is 82.1 cm³/mol. The monoisotopic (exact) mass is 372 g/mol. The van der Waals surface area contributed by atoms with Crippen LogP contribution in [-0.2, 0) is 14.3 Å². The lowest BCUT2D eigenvalue weighted by atomic mass is 9.49. The minimum Gasteiger partial charge on any atom is -0.456 e. The van der Waals surface area contributed by atoms with E-state index < -0.39 is 18.5 Å². The van der Waals surface area contributed by atoms with Crippen LogP contribution in [0.25, 0.3) is 0 Å². The van der Waals surface area contributed by atoms with Crippen LogP contribution in [0.1, 0.15) is 44.9 Å². The Morgan fingerprint density at radius 2 is 1.82 bits per heavy atom. The van der Waals surface area contributed by atoms with Gasteiger partial charge in [0.15, 0.2) is 6.61 Å². The number of ether oxygens (including phenoxy) is 1. The minimum atomic E-state index is -0.941. The van der Waals surface area contributed by atoms with Gasteiger partial charge in [0.2, 0.25) is 0 Å². The van der Waals surface area contributed by atoms with Crippen molar-refractivity contribution in [3.63, 3.8) is 0 Å². The minimum absolute atomic E-state index is 0.0187. The Bertz CT molecular complexity index is 508. The largest absolute Gasteiger partial charge is 0.456 e. The van der Waals surface area contributed by atoms with Crippen molar-refractivity contribution in [1.82, 2.24) is 5.32 Å². The highest BCUT2D eigenvalue weighted by Crippen LogP contribution is 2.65. The third-order valence-corrected chi connectivity index (χ3v) is 6.18. The van der Waals surface area contributed by atoms with Gasteiger partial charge in [-0.05, 0) is 55.8 Å². The van der Waals surface area contributed by atoms with Crippen LogP contribution in [0, 0.1) is 17.3 Å². The number of hydrogen-bond acceptors (Lipinski definition) is 4. The summed E-state index contributed by atoms with van der Waals surface area (Å²) in [6, 6.07) is -0.941. The molecule has 0 aromatic rings. The number of amides is 3. The molecule has 4 bridgehead atoms. The molecule has 2 unspecified atom stereocenters. The van der Waals surface area contributed by atoms with Crippen molar-refractivity contribution in [3.8, 4) is 0 Å². The highest BCUT2D eigenvalue weighted by molar-refractivity contribution is 9.10. The van der Waals surface area contributed by atoms with Crippen molar-refractivity contribution in [3.05, 3.63) is 0 Å². The molecule has 0 heterocycles. The van der Waals surface area contributed by atoms with Gasteiger partial charge in [-0.2, -0.15) is 0 Å². The highest BCUT2D eigenvalue weighted by atomic mass is 79.9. The summed E-state index contributed by atoms with van der Waals surface area (Å²) in [4.78, 5) is 33.9. The molecular weight excluding hydrogens is 352 g/mol. The van der Waals surface area contributed by atoms with Crippen molar-refractivity contribution in [2.75, 3.05) is 6.61 Å². The zero-order valence-electron chi connectivity index (χ0n) is 12.4. The predicted octanol–water partition coefficient (Wildman–Crippen LogP) is 1.85. The molecule has 122 valence electrons. The van der Waals surface area contributed by atoms with Gasteiger partial charge in [-0.25, -0.2) is 4.79 Å². The number of nitrogens with one attached hydrogen (secondary N) is 1. The van der Waals surface area contributed by atoms with Crippen LogP contribution >= 0.6 is 15.9 Å². The van der Waals surface area contributed by atoms with Gasteiger partial charge in [0.25, 0.3) is 5.91 Å². The second-order valence-electron chi connectivity index (χ2n) is 7.36. The number of alkyl halides is 1. The van der Waals surface area contributed by atoms with Crippen molar-refractivity contribution in [2.45, 2.75) is 49.3 Å². The molecule has 0 aliphatic heterocycles. The summed E-state index contributed by atoms with van der Waals surface area (Å²) in [5.41, 5.74) is 4.85. The Balaban J connectivity index is 1.55. The quantitative estimate of drug-likeness (QED) is 0.580. The summed E-state index contributed by atoms with van der Waals surface area (Å²) in [5.74, 6) is 0.346. The van der Waals surface area contributed by atoms with E-state index in [1.165, 1.54) is 19.3 Å². The first-order chi connectivity index (χ1) is 10.3. The van der Waals surface area contributed by atoms with E-state index in [1.54, 1.807) is 0 Å². The number of carbonyl (C=O) groups is 3. The maximum Gasteiger partial charge on any atom is 0.318 e. The fourth-order valence-electron chi connectivity index (χ4n) is 5.22. The van der Waals surface area contributed by atoms with Crippen molar-refractivity contribution in [2.24, 2.45) is 23.0 Å². The number of urea groups is 1. The molecule has 4 fully saturated rings. The van der Waals surface area contributed by atoms with Crippen LogP contribution in [0.3, 0.4) is 0 Å². The van der Waals surface area contributed by atoms with E-state index in [2.05, 4.69) is 15.9 Å². The van der Waals surface area contributed by atoms with Crippen LogP contribution in [0.2, 0.25) is 0 Å². The van der Waals surface area contributed by atoms with Crippen molar-refractivity contribution in [1.29, 1.82) is 0 Å². The second-order valence-corrected chi connectivity index (χ2v) is 9.04. The van der Waals surface area contributed by atoms with E-state index in [9.17, 15) is 14.4 Å². The van der Waals surface area contributed by atoms with E-state index in [0.29, 0.717) is 18.3 Å². The normalized spacial score (nSPS) is 38.6. The Morgan fingerprint density at radius 3 is 2.36 bits per heavy atom. The summed E-state index contributed by atoms with van der Waals surface area (Å²) in [5, 5.41) is 1.88. The number of esters is 1. The molecular formula is C15H21BrN2O4. The fraction of sp³-hybridized carbons (Fsp3) is 0.800. The number of imide groups is 1. The van der Waals surface area contributed by atoms with Crippen LogP contribution in [0.4, 0.5) is 4.79 Å². The number of rotatable bonds is 4. The van der Waals surface area contributed by atoms with Crippen LogP contribution in [0.15, 0.2) is 0 Å². The van der Waals surface area contributed by atoms with E-state index in [-0.39, 0.29) is 15.7 Å². The average Bonchev–Trinajstić information content (AvgIpc) is 2.31. The molecule has 22 heavy (non-hydrogen) atoms. The molecule has 3 amide bonds. The first-order valence-corrected chi connectivity index (χ1v) is 8.51. The third-order valence-electron chi connectivity index (χ3n) is 5.26. The topological polar surface area (TPSA) is 98.5 Å². The number of hydrogen-bond donors (Lipinski definition) is 2. The van der Waals surface area contributed by atoms with Crippen LogP contribution in [0.5, 0.6) is 0 Å². The molecule has 4 atom stereocenters. The first kappa shape index (κ1) is 15.8. The molecule has 0 radical (unpaired) electrons. The number of carbonyl (C=O) groups excluding carboxylic acids is 3. The third kappa shape index (κ3) is 3.29. The van der Waals surface area contributed by atoms with Gasteiger partial charge in [-0.3, -0.25) is 14.9 Å². The zero-order valence-corrected chi connectivity index (χ0v) is 14.0. The molecule has 3 N–H and O–H groups in total. The van der Waals surface area contributed by atoms with Gasteiger partial charge >= 0.3 is 12.0 Å². The summed E-state index contributed by atoms with van der Waals surface area (Å²) >= 11 is 3.90. The van der Waals surface area contributed by atoms with Crippen molar-refractivity contribution < 1.29 is 19.1 Å². The van der Waals surface area contributed by atoms with E-state index in [4.69, 9.17) is 10.5 Å². The molecule has 4 aliphatic rings. The standard InChI is InChI=1S/C15H21BrN2O4/c16-15-4-9-1-10(5-15)3-14(2-9,8-15)6-12(20)22-7-11(19)18-13(17)21/h9-10H,1-8H2,(H3,17,18,19,21)/t9-,10+,14?,15?. The molecule has 0 aromatic heterocycles. The molecule has 4 rings (SSSR count). The summed E-state index contributed by atoms with van der Waals surface area (Å²) < 4.78 is 5.20. The summed E-state index contributed by atoms with van der Waals surface area (Å²) in [7, 11) is 0. The van der Waals surface area contributed by atoms with Gasteiger partial charge in [-0.15, -0.1) is 0 Å². The van der Waals surface area contributed by atoms with Gasteiger partial charge < -0.3 is 10.5 Å². The first-order valence-electron chi connectivity index (χ1n) is 7.71. The van der Waals surface area contributed by atoms with Gasteiger partial charge in [0.05, 0.1) is 6.42 Å². The molecule has 4 saturated carbocycles. The van der Waals surface area contributed by atoms with Gasteiger partial charge in [-0.1, -0.05) is 15.9 Å². The van der Waals surface area contributed by atoms with E-state index in [1.807, 2.05) is 5.32 Å². The Labute approximate surface area is 137 Å². The summed E-state index contributed by atoms with van der Waals surface area (Å²) in [6.07, 6.45) is 7.24. The Hall–Kier alpha value is -1.11. The average molecular weight is 373 g/mol. The number of halogens is 1. The maximum absolute atomic E-state index is 12.1. The molecule has 7 heteroatoms. The number of primary amides is 1. The van der Waals surface area contributed by atoms with Gasteiger partial charge in [0.1, 0.15) is 0 Å². The Morgan fingerprint density at radius 1 is 1.18 bits per heavy atom. The number of nitrogens with two attached hydrogens (primary N) is 1. The molecule has 0 spiro atoms. The maximum atomic E-state index is 12.1. The van der Waals surface area contributed by atoms with Crippen molar-refractivity contribution >= 4 is 33.8 Å². The lowest BCUT2D eigenvalue weighted by molar-refractivity contribution is -0.154. The van der Waals surface area contributed by atoms with Crippen LogP contribution in [-0.4, -0.2) is 28.8 Å². The fourth-order valence-corrected chi connectivity index (χ4v) is 6.73. The SMILES string of the molecule is NC(=O)NC(=O)COC(=O)CC12C[C@@H]3C[C@@H](CC(Br)(C3)C1)C2. The van der Waals surface area contributed by atoms with E-state index in [0.717, 1.165) is 19.3 Å². The smallest absolute Gasteiger partial charge is 0.318 e. The Kier molecular flexibility index (Phi) is 3.95. The zero-order chi connectivity index (χ0) is 16.0. The summed E-state index contributed by atoms with van der Waals surface area (Å²) in [6.45, 7) is -0.454. The molecule has 0 aromatic carbocycles. The highest BCUT2D eigenvalue weighted by Gasteiger charge is 2.57. The molecule has 4 aliphatic carbocycles. The van der Waals surface area contributed by atoms with E-state index >= 15 is 0 Å². The molecule has 6 nitrogen and oxygen atoms in total. The second kappa shape index (κ2) is 5.51. The van der Waals surface area contributed by atoms with Gasteiger partial charge in [0, 0.05) is 4.32 Å². The lowest BCUT2D eigenvalue weighted by Gasteiger charge is -2.60. The molecule has 0 saturated heterocycles.